The first kappa shape index (κ1) is 35.0. The molecule has 1 aliphatic rings. The van der Waals surface area contributed by atoms with Crippen LogP contribution in [-0.2, 0) is 16.0 Å². The Morgan fingerprint density at radius 2 is 1.71 bits per heavy atom. The molecule has 1 atom stereocenters. The molecule has 2 aromatic carbocycles. The van der Waals surface area contributed by atoms with Crippen molar-refractivity contribution in [2.24, 2.45) is 0 Å². The summed E-state index contributed by atoms with van der Waals surface area (Å²) < 4.78 is 0. The van der Waals surface area contributed by atoms with Crippen LogP contribution >= 0.6 is 11.8 Å². The van der Waals surface area contributed by atoms with Crippen molar-refractivity contribution in [3.8, 4) is 11.1 Å². The van der Waals surface area contributed by atoms with E-state index in [2.05, 4.69) is 11.4 Å². The third-order valence-electron chi connectivity index (χ3n) is 8.09. The number of carboxylic acids is 1. The van der Waals surface area contributed by atoms with Gasteiger partial charge in [0.2, 0.25) is 5.91 Å². The van der Waals surface area contributed by atoms with Gasteiger partial charge in [-0.3, -0.25) is 9.59 Å². The van der Waals surface area contributed by atoms with Crippen LogP contribution in [0.1, 0.15) is 92.1 Å². The first-order chi connectivity index (χ1) is 19.3. The number of aryl methyl sites for hydroxylation is 2. The molecule has 0 spiro atoms. The zero-order chi connectivity index (χ0) is 28.9. The van der Waals surface area contributed by atoms with Crippen molar-refractivity contribution in [2.45, 2.75) is 96.1 Å². The van der Waals surface area contributed by atoms with Gasteiger partial charge in [-0.1, -0.05) is 68.5 Å². The summed E-state index contributed by atoms with van der Waals surface area (Å²) in [5, 5.41) is 14.3. The summed E-state index contributed by atoms with van der Waals surface area (Å²) >= 11 is 1.53. The molecule has 1 N–H and O–H groups in total. The second kappa shape index (κ2) is 18.4. The quantitative estimate of drug-likeness (QED) is 0.262. The number of nitrogens with zero attached hydrogens (tertiary/aromatic N) is 1. The van der Waals surface area contributed by atoms with E-state index in [4.69, 9.17) is 0 Å². The standard InChI is InChI=1S/C33H46N2O4S.Li/c1-24-13-11-12-17-27(24)29-23-25(19-20-28(29)32(37)34-30(33(38)39)21-22-40-3)14-7-4-5-10-18-31(36)35(2)26-15-8-6-9-16-26;/h11-13,17,19-20,23,26,30H,4-10,14-16,18,21-22H2,1-3H3,(H,34,37)(H,38,39);/q;+1/p-1/t30-;/m0./s1. The smallest absolute Gasteiger partial charge is 0.548 e. The molecule has 1 aliphatic carbocycles. The van der Waals surface area contributed by atoms with E-state index in [1.165, 1.54) is 31.0 Å². The van der Waals surface area contributed by atoms with Gasteiger partial charge in [0.25, 0.3) is 5.91 Å². The molecular formula is C33H45LiN2O4S. The minimum Gasteiger partial charge on any atom is -0.548 e. The third-order valence-corrected chi connectivity index (χ3v) is 8.73. The Morgan fingerprint density at radius 3 is 2.39 bits per heavy atom. The summed E-state index contributed by atoms with van der Waals surface area (Å²) in [5.41, 5.74) is 4.43. The molecule has 0 radical (unpaired) electrons. The number of benzene rings is 2. The van der Waals surface area contributed by atoms with Crippen molar-refractivity contribution >= 4 is 29.5 Å². The minimum absolute atomic E-state index is 0. The van der Waals surface area contributed by atoms with Crippen LogP contribution in [0.5, 0.6) is 0 Å². The summed E-state index contributed by atoms with van der Waals surface area (Å²) in [5.74, 6) is -0.770. The van der Waals surface area contributed by atoms with E-state index in [1.54, 1.807) is 0 Å². The van der Waals surface area contributed by atoms with Gasteiger partial charge in [0, 0.05) is 25.1 Å². The van der Waals surface area contributed by atoms with Gasteiger partial charge in [-0.05, 0) is 85.8 Å². The molecule has 0 aliphatic heterocycles. The average Bonchev–Trinajstić information content (AvgIpc) is 2.96. The Morgan fingerprint density at radius 1 is 1.00 bits per heavy atom. The van der Waals surface area contributed by atoms with Crippen molar-refractivity contribution in [3.05, 3.63) is 59.2 Å². The van der Waals surface area contributed by atoms with Gasteiger partial charge in [0.05, 0.1) is 12.0 Å². The maximum atomic E-state index is 13.2. The molecule has 2 amide bonds. The Labute approximate surface area is 262 Å². The molecule has 0 unspecified atom stereocenters. The summed E-state index contributed by atoms with van der Waals surface area (Å²) in [6, 6.07) is 13.2. The van der Waals surface area contributed by atoms with Crippen LogP contribution in [0.3, 0.4) is 0 Å². The molecule has 41 heavy (non-hydrogen) atoms. The number of unbranched alkanes of at least 4 members (excludes halogenated alkanes) is 3. The predicted octanol–water partition coefficient (Wildman–Crippen LogP) is 2.55. The average molecular weight is 573 g/mol. The molecular weight excluding hydrogens is 527 g/mol. The van der Waals surface area contributed by atoms with Crippen LogP contribution in [-0.4, -0.2) is 53.8 Å². The van der Waals surface area contributed by atoms with E-state index in [1.807, 2.05) is 61.5 Å². The number of rotatable bonds is 15. The van der Waals surface area contributed by atoms with E-state index < -0.39 is 17.9 Å². The van der Waals surface area contributed by atoms with E-state index in [-0.39, 0.29) is 24.8 Å². The molecule has 1 fully saturated rings. The SMILES string of the molecule is CSCC[C@H](NC(=O)c1ccc(CCCCCCC(=O)N(C)C2CCCCC2)cc1-c1ccccc1C)C(=O)[O-].[Li+]. The summed E-state index contributed by atoms with van der Waals surface area (Å²) in [6.07, 6.45) is 13.8. The van der Waals surface area contributed by atoms with Crippen LogP contribution in [0, 0.1) is 6.92 Å². The predicted molar refractivity (Wildman–Crippen MR) is 162 cm³/mol. The molecule has 8 heteroatoms. The second-order valence-corrected chi connectivity index (χ2v) is 12.0. The zero-order valence-electron chi connectivity index (χ0n) is 25.4. The van der Waals surface area contributed by atoms with Gasteiger partial charge < -0.3 is 20.1 Å². The Balaban J connectivity index is 0.00000588. The fourth-order valence-corrected chi connectivity index (χ4v) is 6.04. The number of carbonyl (C=O) groups is 3. The maximum absolute atomic E-state index is 13.2. The van der Waals surface area contributed by atoms with Crippen molar-refractivity contribution < 1.29 is 38.4 Å². The Hall–Kier alpha value is -2.20. The molecule has 218 valence electrons. The topological polar surface area (TPSA) is 89.5 Å². The number of thioether (sulfide) groups is 1. The van der Waals surface area contributed by atoms with Crippen molar-refractivity contribution in [1.29, 1.82) is 0 Å². The summed E-state index contributed by atoms with van der Waals surface area (Å²) in [6.45, 7) is 2.01. The van der Waals surface area contributed by atoms with Crippen LogP contribution in [0.15, 0.2) is 42.5 Å². The van der Waals surface area contributed by atoms with Crippen molar-refractivity contribution in [3.63, 3.8) is 0 Å². The van der Waals surface area contributed by atoms with E-state index in [0.29, 0.717) is 30.2 Å². The molecule has 1 saturated carbocycles. The van der Waals surface area contributed by atoms with Gasteiger partial charge in [-0.15, -0.1) is 0 Å². The minimum atomic E-state index is -1.27. The first-order valence-electron chi connectivity index (χ1n) is 14.8. The monoisotopic (exact) mass is 572 g/mol. The summed E-state index contributed by atoms with van der Waals surface area (Å²) in [7, 11) is 1.97. The van der Waals surface area contributed by atoms with Gasteiger partial charge in [-0.25, -0.2) is 0 Å². The number of carboxylic acid groups (broad SMARTS) is 1. The molecule has 0 bridgehead atoms. The number of carbonyl (C=O) groups excluding carboxylic acids is 3. The van der Waals surface area contributed by atoms with E-state index in [0.717, 1.165) is 67.2 Å². The number of nitrogens with one attached hydrogen (secondary N) is 1. The first-order valence-corrected chi connectivity index (χ1v) is 16.2. The van der Waals surface area contributed by atoms with Gasteiger partial charge >= 0.3 is 18.9 Å². The molecule has 0 aromatic heterocycles. The van der Waals surface area contributed by atoms with E-state index >= 15 is 0 Å². The third kappa shape index (κ3) is 10.9. The van der Waals surface area contributed by atoms with Crippen LogP contribution in [0.4, 0.5) is 0 Å². The maximum Gasteiger partial charge on any atom is 1.00 e. The number of aliphatic carboxylic acids is 1. The molecule has 3 rings (SSSR count). The van der Waals surface area contributed by atoms with Crippen LogP contribution in [0.25, 0.3) is 11.1 Å². The zero-order valence-corrected chi connectivity index (χ0v) is 26.2. The molecule has 0 saturated heterocycles. The fourth-order valence-electron chi connectivity index (χ4n) is 5.57. The molecule has 6 nitrogen and oxygen atoms in total. The van der Waals surface area contributed by atoms with Crippen molar-refractivity contribution in [2.75, 3.05) is 19.1 Å². The van der Waals surface area contributed by atoms with E-state index in [9.17, 15) is 19.5 Å². The summed E-state index contributed by atoms with van der Waals surface area (Å²) in [4.78, 5) is 39.4. The number of hydrogen-bond donors (Lipinski definition) is 1. The normalized spacial score (nSPS) is 14.1. The van der Waals surface area contributed by atoms with Crippen LogP contribution in [0.2, 0.25) is 0 Å². The van der Waals surface area contributed by atoms with Crippen molar-refractivity contribution in [1.82, 2.24) is 10.2 Å². The molecule has 2 aromatic rings. The van der Waals surface area contributed by atoms with Crippen LogP contribution < -0.4 is 29.3 Å². The number of hydrogen-bond acceptors (Lipinski definition) is 5. The molecule has 0 heterocycles. The Bertz CT molecular complexity index is 1140. The number of amides is 2. The van der Waals surface area contributed by atoms with Gasteiger partial charge in [-0.2, -0.15) is 11.8 Å². The fraction of sp³-hybridized carbons (Fsp3) is 0.545. The second-order valence-electron chi connectivity index (χ2n) is 11.0. The Kier molecular flexibility index (Phi) is 15.7. The largest absolute Gasteiger partial charge is 1.00 e. The van der Waals surface area contributed by atoms with Gasteiger partial charge in [0.1, 0.15) is 0 Å². The van der Waals surface area contributed by atoms with Gasteiger partial charge in [0.15, 0.2) is 0 Å².